The molecule has 0 fully saturated rings. The van der Waals surface area contributed by atoms with Gasteiger partial charge in [0.25, 0.3) is 15.9 Å². The molecule has 0 saturated carbocycles. The maximum atomic E-state index is 13.0. The molecule has 1 amide bonds. The Balaban J connectivity index is 1.86. The number of sulfonamides is 1. The first-order chi connectivity index (χ1) is 14.2. The number of carbonyl (C=O) groups excluding carboxylic acids is 2. The number of benzene rings is 3. The van der Waals surface area contributed by atoms with Crippen LogP contribution in [0.4, 0.5) is 11.4 Å². The fourth-order valence-electron chi connectivity index (χ4n) is 2.87. The van der Waals surface area contributed by atoms with Crippen molar-refractivity contribution >= 4 is 33.1 Å². The van der Waals surface area contributed by atoms with Gasteiger partial charge in [-0.2, -0.15) is 0 Å². The van der Waals surface area contributed by atoms with Crippen molar-refractivity contribution in [3.63, 3.8) is 0 Å². The fraction of sp³-hybridized carbons (Fsp3) is 0.130. The van der Waals surface area contributed by atoms with Crippen molar-refractivity contribution in [2.75, 3.05) is 16.7 Å². The smallest absolute Gasteiger partial charge is 0.264 e. The molecule has 0 aliphatic carbocycles. The van der Waals surface area contributed by atoms with E-state index in [1.807, 2.05) is 19.1 Å². The number of nitrogens with one attached hydrogen (secondary N) is 1. The van der Waals surface area contributed by atoms with Crippen LogP contribution in [-0.4, -0.2) is 27.2 Å². The summed E-state index contributed by atoms with van der Waals surface area (Å²) in [5, 5.41) is 2.70. The SMILES string of the molecule is CC(=O)c1cccc(NC(=O)c2cccc(S(=O)(=O)N(C)c3ccc(C)cc3)c2)c1. The molecule has 0 aliphatic heterocycles. The van der Waals surface area contributed by atoms with Crippen LogP contribution in [0.5, 0.6) is 0 Å². The Hall–Kier alpha value is -3.45. The second kappa shape index (κ2) is 8.51. The monoisotopic (exact) mass is 422 g/mol. The third-order valence-corrected chi connectivity index (χ3v) is 6.46. The highest BCUT2D eigenvalue weighted by molar-refractivity contribution is 7.92. The minimum Gasteiger partial charge on any atom is -0.322 e. The number of hydrogen-bond acceptors (Lipinski definition) is 4. The van der Waals surface area contributed by atoms with Gasteiger partial charge < -0.3 is 5.32 Å². The topological polar surface area (TPSA) is 83.5 Å². The number of anilines is 2. The van der Waals surface area contributed by atoms with E-state index in [0.717, 1.165) is 5.56 Å². The van der Waals surface area contributed by atoms with Crippen molar-refractivity contribution in [1.82, 2.24) is 0 Å². The van der Waals surface area contributed by atoms with Crippen molar-refractivity contribution in [2.45, 2.75) is 18.7 Å². The molecule has 1 N–H and O–H groups in total. The number of hydrogen-bond donors (Lipinski definition) is 1. The standard InChI is InChI=1S/C23H22N2O4S/c1-16-10-12-21(13-11-16)25(3)30(28,29)22-9-5-7-19(15-22)23(27)24-20-8-4-6-18(14-20)17(2)26/h4-15H,1-3H3,(H,24,27). The normalized spacial score (nSPS) is 11.0. The number of Topliss-reactive ketones (excluding diaryl/α,β-unsaturated/α-hetero) is 1. The van der Waals surface area contributed by atoms with Crippen LogP contribution in [0.2, 0.25) is 0 Å². The van der Waals surface area contributed by atoms with Gasteiger partial charge in [0.2, 0.25) is 0 Å². The van der Waals surface area contributed by atoms with Gasteiger partial charge in [0, 0.05) is 23.9 Å². The van der Waals surface area contributed by atoms with E-state index in [2.05, 4.69) is 5.32 Å². The molecule has 0 aliphatic rings. The predicted molar refractivity (Wildman–Crippen MR) is 118 cm³/mol. The summed E-state index contributed by atoms with van der Waals surface area (Å²) in [5.41, 5.74) is 2.68. The maximum Gasteiger partial charge on any atom is 0.264 e. The Morgan fingerprint density at radius 1 is 0.867 bits per heavy atom. The van der Waals surface area contributed by atoms with E-state index in [1.54, 1.807) is 36.4 Å². The van der Waals surface area contributed by atoms with Gasteiger partial charge >= 0.3 is 0 Å². The van der Waals surface area contributed by atoms with Gasteiger partial charge in [-0.1, -0.05) is 35.9 Å². The van der Waals surface area contributed by atoms with Crippen LogP contribution in [-0.2, 0) is 10.0 Å². The van der Waals surface area contributed by atoms with Crippen molar-refractivity contribution < 1.29 is 18.0 Å². The van der Waals surface area contributed by atoms with Crippen LogP contribution in [0.25, 0.3) is 0 Å². The number of amides is 1. The molecule has 6 nitrogen and oxygen atoms in total. The molecule has 3 aromatic carbocycles. The van der Waals surface area contributed by atoms with Gasteiger partial charge in [-0.3, -0.25) is 13.9 Å². The molecule has 3 aromatic rings. The first kappa shape index (κ1) is 21.3. The zero-order chi connectivity index (χ0) is 21.9. The molecule has 154 valence electrons. The van der Waals surface area contributed by atoms with E-state index in [4.69, 9.17) is 0 Å². The van der Waals surface area contributed by atoms with Crippen LogP contribution in [0.3, 0.4) is 0 Å². The molecule has 0 saturated heterocycles. The summed E-state index contributed by atoms with van der Waals surface area (Å²) in [7, 11) is -2.37. The highest BCUT2D eigenvalue weighted by atomic mass is 32.2. The predicted octanol–water partition coefficient (Wildman–Crippen LogP) is 4.28. The highest BCUT2D eigenvalue weighted by Crippen LogP contribution is 2.23. The lowest BCUT2D eigenvalue weighted by molar-refractivity contribution is 0.101. The average Bonchev–Trinajstić information content (AvgIpc) is 2.74. The summed E-state index contributed by atoms with van der Waals surface area (Å²) >= 11 is 0. The molecule has 0 unspecified atom stereocenters. The zero-order valence-electron chi connectivity index (χ0n) is 16.9. The van der Waals surface area contributed by atoms with E-state index < -0.39 is 15.9 Å². The molecule has 30 heavy (non-hydrogen) atoms. The third-order valence-electron chi connectivity index (χ3n) is 4.68. The minimum atomic E-state index is -3.84. The largest absolute Gasteiger partial charge is 0.322 e. The lowest BCUT2D eigenvalue weighted by atomic mass is 10.1. The summed E-state index contributed by atoms with van der Waals surface area (Å²) in [5.74, 6) is -0.580. The van der Waals surface area contributed by atoms with Crippen molar-refractivity contribution in [3.05, 3.63) is 89.5 Å². The maximum absolute atomic E-state index is 13.0. The number of nitrogens with zero attached hydrogens (tertiary/aromatic N) is 1. The Labute approximate surface area is 176 Å². The molecular formula is C23H22N2O4S. The second-order valence-electron chi connectivity index (χ2n) is 6.93. The number of carbonyl (C=O) groups is 2. The van der Waals surface area contributed by atoms with Gasteiger partial charge in [-0.05, 0) is 56.3 Å². The van der Waals surface area contributed by atoms with E-state index in [9.17, 15) is 18.0 Å². The van der Waals surface area contributed by atoms with Gasteiger partial charge in [0.05, 0.1) is 10.6 Å². The van der Waals surface area contributed by atoms with Crippen molar-refractivity contribution in [1.29, 1.82) is 0 Å². The Bertz CT molecular complexity index is 1200. The quantitative estimate of drug-likeness (QED) is 0.601. The van der Waals surface area contributed by atoms with Gasteiger partial charge in [-0.15, -0.1) is 0 Å². The summed E-state index contributed by atoms with van der Waals surface area (Å²) in [4.78, 5) is 24.2. The van der Waals surface area contributed by atoms with Gasteiger partial charge in [-0.25, -0.2) is 8.42 Å². The van der Waals surface area contributed by atoms with Crippen molar-refractivity contribution in [3.8, 4) is 0 Å². The summed E-state index contributed by atoms with van der Waals surface area (Å²) in [6.45, 7) is 3.37. The second-order valence-corrected chi connectivity index (χ2v) is 8.90. The molecule has 0 aromatic heterocycles. The first-order valence-electron chi connectivity index (χ1n) is 9.26. The lowest BCUT2D eigenvalue weighted by Crippen LogP contribution is -2.26. The Morgan fingerprint density at radius 3 is 2.17 bits per heavy atom. The van der Waals surface area contributed by atoms with Crippen LogP contribution in [0.1, 0.15) is 33.2 Å². The first-order valence-corrected chi connectivity index (χ1v) is 10.7. The summed E-state index contributed by atoms with van der Waals surface area (Å²) in [6.07, 6.45) is 0. The fourth-order valence-corrected chi connectivity index (χ4v) is 4.11. The molecule has 7 heteroatoms. The van der Waals surface area contributed by atoms with Gasteiger partial charge in [0.15, 0.2) is 5.78 Å². The van der Waals surface area contributed by atoms with E-state index in [0.29, 0.717) is 16.9 Å². The van der Waals surface area contributed by atoms with Crippen LogP contribution in [0.15, 0.2) is 77.7 Å². The highest BCUT2D eigenvalue weighted by Gasteiger charge is 2.22. The van der Waals surface area contributed by atoms with E-state index >= 15 is 0 Å². The van der Waals surface area contributed by atoms with Crippen molar-refractivity contribution in [2.24, 2.45) is 0 Å². The molecule has 3 rings (SSSR count). The third kappa shape index (κ3) is 4.58. The van der Waals surface area contributed by atoms with Crippen LogP contribution >= 0.6 is 0 Å². The molecule has 0 bridgehead atoms. The lowest BCUT2D eigenvalue weighted by Gasteiger charge is -2.20. The molecule has 0 radical (unpaired) electrons. The Kier molecular flexibility index (Phi) is 6.03. The molecule has 0 heterocycles. The molecular weight excluding hydrogens is 400 g/mol. The Morgan fingerprint density at radius 2 is 1.50 bits per heavy atom. The summed E-state index contributed by atoms with van der Waals surface area (Å²) in [6, 6.07) is 19.5. The zero-order valence-corrected chi connectivity index (χ0v) is 17.7. The minimum absolute atomic E-state index is 0.00992. The molecule has 0 spiro atoms. The van der Waals surface area contributed by atoms with Gasteiger partial charge in [0.1, 0.15) is 0 Å². The van der Waals surface area contributed by atoms with Crippen LogP contribution in [0, 0.1) is 6.92 Å². The average molecular weight is 423 g/mol. The number of aryl methyl sites for hydroxylation is 1. The van der Waals surface area contributed by atoms with E-state index in [-0.39, 0.29) is 16.2 Å². The summed E-state index contributed by atoms with van der Waals surface area (Å²) < 4.78 is 27.2. The van der Waals surface area contributed by atoms with E-state index in [1.165, 1.54) is 42.5 Å². The number of ketones is 1. The number of rotatable bonds is 6. The van der Waals surface area contributed by atoms with Crippen LogP contribution < -0.4 is 9.62 Å². The molecule has 0 atom stereocenters.